The molecule has 0 aromatic carbocycles. The zero-order valence-corrected chi connectivity index (χ0v) is 14.7. The molecule has 0 bridgehead atoms. The molecule has 0 saturated carbocycles. The Morgan fingerprint density at radius 3 is 2.54 bits per heavy atom. The Morgan fingerprint density at radius 2 is 1.88 bits per heavy atom. The number of aromatic nitrogens is 2. The second-order valence-corrected chi connectivity index (χ2v) is 7.06. The summed E-state index contributed by atoms with van der Waals surface area (Å²) in [5.74, 6) is 1.43. The first kappa shape index (κ1) is 16.8. The lowest BCUT2D eigenvalue weighted by atomic mass is 9.97. The third kappa shape index (κ3) is 4.71. The van der Waals surface area contributed by atoms with Crippen LogP contribution in [0, 0.1) is 0 Å². The van der Waals surface area contributed by atoms with Gasteiger partial charge in [-0.05, 0) is 50.0 Å². The summed E-state index contributed by atoms with van der Waals surface area (Å²) in [6.07, 6.45) is 11.1. The average molecular weight is 344 g/mol. The number of nitrogens with zero attached hydrogens (tertiary/aromatic N) is 2. The maximum absolute atomic E-state index is 6.20. The number of allylic oxidation sites excluding steroid dienone is 1. The van der Waals surface area contributed by atoms with Crippen LogP contribution in [0.15, 0.2) is 35.5 Å². The normalized spacial score (nSPS) is 14.2. The highest BCUT2D eigenvalue weighted by Gasteiger charge is 2.08. The summed E-state index contributed by atoms with van der Waals surface area (Å²) in [4.78, 5) is 9.89. The van der Waals surface area contributed by atoms with E-state index in [4.69, 9.17) is 5.73 Å². The first-order chi connectivity index (χ1) is 11.8. The van der Waals surface area contributed by atoms with Crippen LogP contribution in [0.3, 0.4) is 0 Å². The van der Waals surface area contributed by atoms with Crippen LogP contribution < -0.4 is 16.4 Å². The lowest BCUT2D eigenvalue weighted by Crippen LogP contribution is -2.12. The number of nitrogen functional groups attached to an aromatic ring is 1. The summed E-state index contributed by atoms with van der Waals surface area (Å²) >= 11 is 1.77. The molecule has 1 aliphatic carbocycles. The van der Waals surface area contributed by atoms with Crippen molar-refractivity contribution in [3.63, 3.8) is 0 Å². The van der Waals surface area contributed by atoms with Gasteiger partial charge in [0.05, 0.1) is 0 Å². The van der Waals surface area contributed by atoms with Crippen molar-refractivity contribution in [3.05, 3.63) is 40.4 Å². The summed E-state index contributed by atoms with van der Waals surface area (Å²) in [5, 5.41) is 8.76. The Labute approximate surface area is 147 Å². The fourth-order valence-electron chi connectivity index (χ4n) is 2.91. The highest BCUT2D eigenvalue weighted by Crippen LogP contribution is 2.24. The quantitative estimate of drug-likeness (QED) is 0.630. The molecule has 4 N–H and O–H groups in total. The molecule has 0 radical (unpaired) electrons. The lowest BCUT2D eigenvalue weighted by Gasteiger charge is -2.15. The number of hydrogen-bond acceptors (Lipinski definition) is 6. The summed E-state index contributed by atoms with van der Waals surface area (Å²) in [6, 6.07) is 4.21. The van der Waals surface area contributed by atoms with Gasteiger partial charge in [-0.3, -0.25) is 0 Å². The Balaban J connectivity index is 1.49. The molecule has 2 aromatic rings. The molecule has 24 heavy (non-hydrogen) atoms. The first-order valence-corrected chi connectivity index (χ1v) is 9.49. The van der Waals surface area contributed by atoms with E-state index in [1.54, 1.807) is 23.2 Å². The van der Waals surface area contributed by atoms with Crippen molar-refractivity contribution in [1.29, 1.82) is 0 Å². The molecule has 6 heteroatoms. The lowest BCUT2D eigenvalue weighted by molar-refractivity contribution is 0.679. The van der Waals surface area contributed by atoms with Crippen LogP contribution in [0.25, 0.3) is 0 Å². The molecule has 0 aliphatic heterocycles. The number of nitrogens with two attached hydrogens (primary N) is 1. The largest absolute Gasteiger partial charge is 0.393 e. The van der Waals surface area contributed by atoms with E-state index in [1.165, 1.54) is 30.6 Å². The highest BCUT2D eigenvalue weighted by atomic mass is 32.1. The van der Waals surface area contributed by atoms with Crippen molar-refractivity contribution in [2.75, 3.05) is 29.5 Å². The van der Waals surface area contributed by atoms with Crippen molar-refractivity contribution in [3.8, 4) is 0 Å². The second-order valence-electron chi connectivity index (χ2n) is 6.03. The molecule has 0 fully saturated rings. The standard InChI is InChI=1S/C18H25N5S/c19-16-17(20-10-8-14-5-2-1-3-6-14)22-13-23-18(16)21-11-9-15-7-4-12-24-15/h4-5,7,12-13H,1-3,6,8-11,19H2,(H2,20,21,22,23). The van der Waals surface area contributed by atoms with Gasteiger partial charge in [0.25, 0.3) is 0 Å². The van der Waals surface area contributed by atoms with Gasteiger partial charge in [-0.1, -0.05) is 17.7 Å². The predicted octanol–water partition coefficient (Wildman–Crippen LogP) is 4.08. The van der Waals surface area contributed by atoms with E-state index >= 15 is 0 Å². The third-order valence-corrected chi connectivity index (χ3v) is 5.19. The minimum absolute atomic E-state index is 0.598. The van der Waals surface area contributed by atoms with E-state index in [0.29, 0.717) is 11.5 Å². The fourth-order valence-corrected chi connectivity index (χ4v) is 3.62. The maximum Gasteiger partial charge on any atom is 0.154 e. The van der Waals surface area contributed by atoms with Crippen LogP contribution >= 0.6 is 11.3 Å². The van der Waals surface area contributed by atoms with Gasteiger partial charge in [-0.25, -0.2) is 9.97 Å². The Kier molecular flexibility index (Phi) is 6.07. The van der Waals surface area contributed by atoms with Gasteiger partial charge in [-0.15, -0.1) is 11.3 Å². The van der Waals surface area contributed by atoms with Crippen LogP contribution in [0.2, 0.25) is 0 Å². The molecule has 2 heterocycles. The van der Waals surface area contributed by atoms with E-state index in [1.807, 2.05) is 0 Å². The number of nitrogens with one attached hydrogen (secondary N) is 2. The van der Waals surface area contributed by atoms with E-state index in [0.717, 1.165) is 31.7 Å². The molecule has 3 rings (SSSR count). The molecule has 0 spiro atoms. The maximum atomic E-state index is 6.20. The first-order valence-electron chi connectivity index (χ1n) is 8.61. The van der Waals surface area contributed by atoms with Crippen LogP contribution in [-0.4, -0.2) is 23.1 Å². The van der Waals surface area contributed by atoms with Gasteiger partial charge in [0.1, 0.15) is 12.0 Å². The monoisotopic (exact) mass is 343 g/mol. The van der Waals surface area contributed by atoms with Gasteiger partial charge < -0.3 is 16.4 Å². The molecule has 0 amide bonds. The minimum atomic E-state index is 0.598. The van der Waals surface area contributed by atoms with Crippen molar-refractivity contribution >= 4 is 28.7 Å². The molecular weight excluding hydrogens is 318 g/mol. The number of rotatable bonds is 8. The van der Waals surface area contributed by atoms with E-state index in [9.17, 15) is 0 Å². The van der Waals surface area contributed by atoms with Crippen LogP contribution in [-0.2, 0) is 6.42 Å². The summed E-state index contributed by atoms with van der Waals surface area (Å²) in [7, 11) is 0. The van der Waals surface area contributed by atoms with Gasteiger partial charge in [0.2, 0.25) is 0 Å². The molecule has 2 aromatic heterocycles. The topological polar surface area (TPSA) is 75.9 Å². The third-order valence-electron chi connectivity index (χ3n) is 4.25. The molecule has 5 nitrogen and oxygen atoms in total. The van der Waals surface area contributed by atoms with E-state index < -0.39 is 0 Å². The number of anilines is 3. The summed E-state index contributed by atoms with van der Waals surface area (Å²) in [6.45, 7) is 1.68. The van der Waals surface area contributed by atoms with Gasteiger partial charge >= 0.3 is 0 Å². The van der Waals surface area contributed by atoms with Crippen LogP contribution in [0.5, 0.6) is 0 Å². The van der Waals surface area contributed by atoms with Gasteiger partial charge in [-0.2, -0.15) is 0 Å². The Hall–Kier alpha value is -2.08. The van der Waals surface area contributed by atoms with Crippen molar-refractivity contribution < 1.29 is 0 Å². The summed E-state index contributed by atoms with van der Waals surface area (Å²) < 4.78 is 0. The smallest absolute Gasteiger partial charge is 0.154 e. The average Bonchev–Trinajstić information content (AvgIpc) is 3.12. The molecule has 0 saturated heterocycles. The minimum Gasteiger partial charge on any atom is -0.393 e. The molecular formula is C18H25N5S. The zero-order valence-electron chi connectivity index (χ0n) is 13.9. The summed E-state index contributed by atoms with van der Waals surface area (Å²) in [5.41, 5.74) is 8.35. The highest BCUT2D eigenvalue weighted by molar-refractivity contribution is 7.09. The zero-order chi connectivity index (χ0) is 16.6. The van der Waals surface area contributed by atoms with Crippen LogP contribution in [0.1, 0.15) is 37.0 Å². The molecule has 0 atom stereocenters. The number of hydrogen-bond donors (Lipinski definition) is 3. The van der Waals surface area contributed by atoms with Crippen LogP contribution in [0.4, 0.5) is 17.3 Å². The second kappa shape index (κ2) is 8.68. The SMILES string of the molecule is Nc1c(NCCC2=CCCCC2)ncnc1NCCc1cccs1. The Morgan fingerprint density at radius 1 is 1.08 bits per heavy atom. The molecule has 128 valence electrons. The predicted molar refractivity (Wildman–Crippen MR) is 103 cm³/mol. The van der Waals surface area contributed by atoms with Crippen molar-refractivity contribution in [2.24, 2.45) is 0 Å². The molecule has 1 aliphatic rings. The van der Waals surface area contributed by atoms with Gasteiger partial charge in [0.15, 0.2) is 11.6 Å². The van der Waals surface area contributed by atoms with E-state index in [2.05, 4.69) is 44.2 Å². The molecule has 0 unspecified atom stereocenters. The Bertz CT molecular complexity index is 666. The number of thiophene rings is 1. The van der Waals surface area contributed by atoms with Gasteiger partial charge in [0, 0.05) is 18.0 Å². The van der Waals surface area contributed by atoms with Crippen molar-refractivity contribution in [1.82, 2.24) is 9.97 Å². The van der Waals surface area contributed by atoms with E-state index in [-0.39, 0.29) is 0 Å². The van der Waals surface area contributed by atoms with Crippen molar-refractivity contribution in [2.45, 2.75) is 38.5 Å². The fraction of sp³-hybridized carbons (Fsp3) is 0.444.